The molecule has 1 aliphatic carbocycles. The predicted octanol–water partition coefficient (Wildman–Crippen LogP) is 8.13. The molecule has 40 heavy (non-hydrogen) atoms. The van der Waals surface area contributed by atoms with Gasteiger partial charge >= 0.3 is 0 Å². The van der Waals surface area contributed by atoms with Crippen LogP contribution >= 0.6 is 35.3 Å². The van der Waals surface area contributed by atoms with Crippen molar-refractivity contribution in [2.24, 2.45) is 0 Å². The van der Waals surface area contributed by atoms with Crippen LogP contribution in [0.5, 0.6) is 0 Å². The lowest BCUT2D eigenvalue weighted by molar-refractivity contribution is -0.115. The number of hydrogen-bond donors (Lipinski definition) is 3. The van der Waals surface area contributed by atoms with E-state index in [1.807, 2.05) is 68.4 Å². The van der Waals surface area contributed by atoms with Crippen molar-refractivity contribution in [3.63, 3.8) is 0 Å². The van der Waals surface area contributed by atoms with Gasteiger partial charge < -0.3 is 16.0 Å². The van der Waals surface area contributed by atoms with Crippen LogP contribution < -0.4 is 16.0 Å². The first-order valence-electron chi connectivity index (χ1n) is 13.2. The van der Waals surface area contributed by atoms with Crippen LogP contribution in [0.15, 0.2) is 83.8 Å². The van der Waals surface area contributed by atoms with E-state index in [0.29, 0.717) is 21.6 Å². The Bertz CT molecular complexity index is 1560. The minimum Gasteiger partial charge on any atom is -0.332 e. The second-order valence-electron chi connectivity index (χ2n) is 9.89. The van der Waals surface area contributed by atoms with E-state index >= 15 is 0 Å². The molecule has 0 bridgehead atoms. The third-order valence-corrected chi connectivity index (χ3v) is 9.44. The molecule has 2 atom stereocenters. The molecule has 8 heteroatoms. The molecular formula is C32H30N4OS3. The number of thioether (sulfide) groups is 1. The highest BCUT2D eigenvalue weighted by Gasteiger charge is 2.28. The highest BCUT2D eigenvalue weighted by Crippen LogP contribution is 2.42. The van der Waals surface area contributed by atoms with Crippen molar-refractivity contribution in [2.45, 2.75) is 49.2 Å². The molecule has 1 amide bonds. The van der Waals surface area contributed by atoms with Crippen molar-refractivity contribution < 1.29 is 4.79 Å². The maximum atomic E-state index is 13.2. The summed E-state index contributed by atoms with van der Waals surface area (Å²) < 4.78 is 0. The van der Waals surface area contributed by atoms with Crippen LogP contribution in [0, 0.1) is 18.3 Å². The molecule has 0 aliphatic heterocycles. The van der Waals surface area contributed by atoms with E-state index in [9.17, 15) is 10.1 Å². The molecule has 4 aromatic rings. The van der Waals surface area contributed by atoms with Crippen molar-refractivity contribution >= 4 is 62.7 Å². The molecule has 0 radical (unpaired) electrons. The first kappa shape index (κ1) is 27.9. The number of fused-ring (bicyclic) bond motifs is 1. The number of anilines is 3. The Hall–Kier alpha value is -3.64. The van der Waals surface area contributed by atoms with Crippen molar-refractivity contribution in [1.29, 1.82) is 5.26 Å². The summed E-state index contributed by atoms with van der Waals surface area (Å²) in [7, 11) is 0. The number of benzene rings is 3. The van der Waals surface area contributed by atoms with Crippen LogP contribution in [0.25, 0.3) is 0 Å². The average molecular weight is 583 g/mol. The minimum atomic E-state index is -0.351. The van der Waals surface area contributed by atoms with E-state index in [1.54, 1.807) is 11.3 Å². The van der Waals surface area contributed by atoms with Crippen molar-refractivity contribution in [3.8, 4) is 6.07 Å². The SMILES string of the molecule is Cc1ccc(NC(=S)Nc2cccc(SC(C)C(=O)Nc3sc4c(c3C#N)CCC(c3ccccc3)C4)c2)cc1. The summed E-state index contributed by atoms with van der Waals surface area (Å²) in [6.45, 7) is 3.93. The van der Waals surface area contributed by atoms with E-state index in [4.69, 9.17) is 12.2 Å². The zero-order chi connectivity index (χ0) is 28.1. The molecule has 1 aliphatic rings. The number of thiophene rings is 1. The van der Waals surface area contributed by atoms with E-state index in [-0.39, 0.29) is 11.2 Å². The van der Waals surface area contributed by atoms with Crippen LogP contribution in [-0.4, -0.2) is 16.3 Å². The predicted molar refractivity (Wildman–Crippen MR) is 172 cm³/mol. The zero-order valence-electron chi connectivity index (χ0n) is 22.4. The van der Waals surface area contributed by atoms with E-state index in [1.165, 1.54) is 27.8 Å². The van der Waals surface area contributed by atoms with E-state index < -0.39 is 0 Å². The fraction of sp³-hybridized carbons (Fsp3) is 0.219. The van der Waals surface area contributed by atoms with Crippen molar-refractivity contribution in [2.75, 3.05) is 16.0 Å². The largest absolute Gasteiger partial charge is 0.332 e. The Morgan fingerprint density at radius 3 is 2.52 bits per heavy atom. The number of amides is 1. The molecule has 1 aromatic heterocycles. The third kappa shape index (κ3) is 6.73. The number of hydrogen-bond acceptors (Lipinski definition) is 5. The van der Waals surface area contributed by atoms with Crippen LogP contribution in [0.1, 0.15) is 46.4 Å². The van der Waals surface area contributed by atoms with Crippen LogP contribution in [-0.2, 0) is 17.6 Å². The van der Waals surface area contributed by atoms with Crippen molar-refractivity contribution in [3.05, 3.63) is 106 Å². The maximum Gasteiger partial charge on any atom is 0.238 e. The summed E-state index contributed by atoms with van der Waals surface area (Å²) in [4.78, 5) is 15.3. The van der Waals surface area contributed by atoms with Gasteiger partial charge in [0.05, 0.1) is 10.8 Å². The lowest BCUT2D eigenvalue weighted by Crippen LogP contribution is -2.22. The number of carbonyl (C=O) groups excluding carboxylic acids is 1. The number of carbonyl (C=O) groups is 1. The monoisotopic (exact) mass is 582 g/mol. The first-order valence-corrected chi connectivity index (χ1v) is 15.3. The Labute approximate surface area is 249 Å². The van der Waals surface area contributed by atoms with Gasteiger partial charge in [-0.1, -0.05) is 54.1 Å². The minimum absolute atomic E-state index is 0.116. The number of nitrogens with zero attached hydrogens (tertiary/aromatic N) is 1. The molecule has 0 fully saturated rings. The van der Waals surface area contributed by atoms with Crippen LogP contribution in [0.3, 0.4) is 0 Å². The molecule has 0 spiro atoms. The Morgan fingerprint density at radius 2 is 1.77 bits per heavy atom. The Morgan fingerprint density at radius 1 is 1.02 bits per heavy atom. The summed E-state index contributed by atoms with van der Waals surface area (Å²) >= 11 is 8.50. The van der Waals surface area contributed by atoms with Gasteiger partial charge in [0, 0.05) is 21.1 Å². The number of rotatable bonds is 7. The molecule has 3 N–H and O–H groups in total. The van der Waals surface area contributed by atoms with Gasteiger partial charge in [-0.25, -0.2) is 0 Å². The summed E-state index contributed by atoms with van der Waals surface area (Å²) in [5.74, 6) is 0.326. The van der Waals surface area contributed by atoms with Gasteiger partial charge in [0.25, 0.3) is 0 Å². The van der Waals surface area contributed by atoms with Gasteiger partial charge in [-0.2, -0.15) is 5.26 Å². The number of thiocarbonyl (C=S) groups is 1. The molecule has 0 saturated heterocycles. The van der Waals surface area contributed by atoms with Gasteiger partial charge in [0.2, 0.25) is 5.91 Å². The first-order chi connectivity index (χ1) is 19.4. The second kappa shape index (κ2) is 12.7. The second-order valence-corrected chi connectivity index (χ2v) is 12.8. The highest BCUT2D eigenvalue weighted by atomic mass is 32.2. The van der Waals surface area contributed by atoms with E-state index in [0.717, 1.165) is 41.1 Å². The lowest BCUT2D eigenvalue weighted by atomic mass is 9.83. The van der Waals surface area contributed by atoms with E-state index in [2.05, 4.69) is 46.3 Å². The lowest BCUT2D eigenvalue weighted by Gasteiger charge is -2.22. The van der Waals surface area contributed by atoms with Crippen molar-refractivity contribution in [1.82, 2.24) is 0 Å². The van der Waals surface area contributed by atoms with Gasteiger partial charge in [0.1, 0.15) is 11.1 Å². The van der Waals surface area contributed by atoms with Gasteiger partial charge in [0.15, 0.2) is 5.11 Å². The maximum absolute atomic E-state index is 13.2. The fourth-order valence-corrected chi connectivity index (χ4v) is 7.29. The molecular weight excluding hydrogens is 553 g/mol. The topological polar surface area (TPSA) is 76.9 Å². The third-order valence-electron chi connectivity index (χ3n) is 6.97. The smallest absolute Gasteiger partial charge is 0.238 e. The summed E-state index contributed by atoms with van der Waals surface area (Å²) in [5, 5.41) is 20.2. The number of nitriles is 1. The number of aryl methyl sites for hydroxylation is 1. The fourth-order valence-electron chi connectivity index (χ4n) is 4.85. The summed E-state index contributed by atoms with van der Waals surface area (Å²) in [6.07, 6.45) is 2.77. The van der Waals surface area contributed by atoms with Gasteiger partial charge in [-0.3, -0.25) is 4.79 Å². The van der Waals surface area contributed by atoms with Gasteiger partial charge in [-0.15, -0.1) is 23.1 Å². The molecule has 5 nitrogen and oxygen atoms in total. The average Bonchev–Trinajstić information content (AvgIpc) is 3.31. The normalized spacial score (nSPS) is 14.9. The molecule has 1 heterocycles. The molecule has 5 rings (SSSR count). The summed E-state index contributed by atoms with van der Waals surface area (Å²) in [5.41, 5.74) is 6.00. The Balaban J connectivity index is 1.20. The summed E-state index contributed by atoms with van der Waals surface area (Å²) in [6, 6.07) is 28.8. The molecule has 3 aromatic carbocycles. The highest BCUT2D eigenvalue weighted by molar-refractivity contribution is 8.00. The van der Waals surface area contributed by atoms with Gasteiger partial charge in [-0.05, 0) is 92.7 Å². The molecule has 2 unspecified atom stereocenters. The van der Waals surface area contributed by atoms with Crippen LogP contribution in [0.4, 0.5) is 16.4 Å². The standard InChI is InChI=1S/C32H30N4OS3/c1-20-11-14-24(15-12-20)34-32(38)35-25-9-6-10-26(18-25)39-21(2)30(37)36-31-28(19-33)27-16-13-23(17-29(27)40-31)22-7-4-3-5-8-22/h3-12,14-15,18,21,23H,13,16-17H2,1-2H3,(H,36,37)(H2,34,35,38). The Kier molecular flexibility index (Phi) is 8.85. The molecule has 202 valence electrons. The zero-order valence-corrected chi connectivity index (χ0v) is 24.8. The van der Waals surface area contributed by atoms with Crippen LogP contribution in [0.2, 0.25) is 0 Å². The quantitative estimate of drug-likeness (QED) is 0.151. The molecule has 0 saturated carbocycles. The number of nitrogens with one attached hydrogen (secondary N) is 3.